The van der Waals surface area contributed by atoms with E-state index in [0.717, 1.165) is 5.56 Å². The number of aryl methyl sites for hydroxylation is 1. The van der Waals surface area contributed by atoms with Crippen LogP contribution in [0, 0.1) is 5.92 Å². The Balaban J connectivity index is 2.34. The van der Waals surface area contributed by atoms with Gasteiger partial charge >= 0.3 is 11.9 Å². The van der Waals surface area contributed by atoms with Crippen molar-refractivity contribution >= 4 is 17.8 Å². The molecule has 0 radical (unpaired) electrons. The molecule has 0 aromatic heterocycles. The van der Waals surface area contributed by atoms with Crippen molar-refractivity contribution in [2.24, 2.45) is 11.7 Å². The lowest BCUT2D eigenvalue weighted by Gasteiger charge is -2.39. The number of hydrogen-bond donors (Lipinski definition) is 3. The monoisotopic (exact) mass is 348 g/mol. The molecule has 2 rings (SSSR count). The van der Waals surface area contributed by atoms with Gasteiger partial charge in [-0.2, -0.15) is 0 Å². The molecule has 1 heterocycles. The maximum absolute atomic E-state index is 12.4. The van der Waals surface area contributed by atoms with Crippen molar-refractivity contribution in [3.05, 3.63) is 35.9 Å². The second kappa shape index (κ2) is 7.65. The molecule has 7 nitrogen and oxygen atoms in total. The SMILES string of the molecule is C[C@H](N)C(=O)N1CCC[C@]1(C(=O)O)[C@H](CCc1ccccc1)C(=O)O. The van der Waals surface area contributed by atoms with Gasteiger partial charge in [0.1, 0.15) is 0 Å². The van der Waals surface area contributed by atoms with E-state index in [4.69, 9.17) is 5.73 Å². The smallest absolute Gasteiger partial charge is 0.330 e. The Morgan fingerprint density at radius 2 is 1.88 bits per heavy atom. The molecule has 136 valence electrons. The molecule has 4 N–H and O–H groups in total. The Labute approximate surface area is 146 Å². The number of carboxylic acids is 2. The highest BCUT2D eigenvalue weighted by Gasteiger charge is 2.57. The fourth-order valence-electron chi connectivity index (χ4n) is 3.65. The Morgan fingerprint density at radius 3 is 2.40 bits per heavy atom. The first-order chi connectivity index (χ1) is 11.8. The van der Waals surface area contributed by atoms with Crippen LogP contribution in [0.25, 0.3) is 0 Å². The highest BCUT2D eigenvalue weighted by molar-refractivity contribution is 5.94. The van der Waals surface area contributed by atoms with Crippen molar-refractivity contribution in [3.63, 3.8) is 0 Å². The molecule has 7 heteroatoms. The molecule has 0 unspecified atom stereocenters. The number of nitrogens with zero attached hydrogens (tertiary/aromatic N) is 1. The average molecular weight is 348 g/mol. The number of likely N-dealkylation sites (tertiary alicyclic amines) is 1. The topological polar surface area (TPSA) is 121 Å². The average Bonchev–Trinajstić information content (AvgIpc) is 3.00. The summed E-state index contributed by atoms with van der Waals surface area (Å²) in [6.07, 6.45) is 1.12. The van der Waals surface area contributed by atoms with E-state index in [9.17, 15) is 24.6 Å². The Morgan fingerprint density at radius 1 is 1.24 bits per heavy atom. The van der Waals surface area contributed by atoms with Crippen molar-refractivity contribution < 1.29 is 24.6 Å². The van der Waals surface area contributed by atoms with Gasteiger partial charge in [-0.05, 0) is 38.2 Å². The summed E-state index contributed by atoms with van der Waals surface area (Å²) in [6.45, 7) is 1.69. The number of benzene rings is 1. The van der Waals surface area contributed by atoms with Gasteiger partial charge in [-0.15, -0.1) is 0 Å². The van der Waals surface area contributed by atoms with Crippen LogP contribution >= 0.6 is 0 Å². The number of hydrogen-bond acceptors (Lipinski definition) is 4. The first kappa shape index (κ1) is 18.9. The summed E-state index contributed by atoms with van der Waals surface area (Å²) < 4.78 is 0. The van der Waals surface area contributed by atoms with Crippen LogP contribution in [0.15, 0.2) is 30.3 Å². The largest absolute Gasteiger partial charge is 0.481 e. The Kier molecular flexibility index (Phi) is 5.79. The molecule has 0 aliphatic carbocycles. The lowest BCUT2D eigenvalue weighted by Crippen LogP contribution is -2.62. The van der Waals surface area contributed by atoms with Crippen molar-refractivity contribution in [1.82, 2.24) is 4.90 Å². The van der Waals surface area contributed by atoms with Gasteiger partial charge in [0.25, 0.3) is 0 Å². The molecule has 1 aliphatic heterocycles. The summed E-state index contributed by atoms with van der Waals surface area (Å²) in [5, 5.41) is 19.6. The number of amides is 1. The number of aliphatic carboxylic acids is 2. The van der Waals surface area contributed by atoms with E-state index in [1.54, 1.807) is 0 Å². The molecule has 0 spiro atoms. The summed E-state index contributed by atoms with van der Waals surface area (Å²) in [4.78, 5) is 37.6. The van der Waals surface area contributed by atoms with Crippen LogP contribution in [0.2, 0.25) is 0 Å². The summed E-state index contributed by atoms with van der Waals surface area (Å²) in [7, 11) is 0. The minimum absolute atomic E-state index is 0.118. The molecular formula is C18H24N2O5. The van der Waals surface area contributed by atoms with Gasteiger partial charge in [-0.3, -0.25) is 9.59 Å². The van der Waals surface area contributed by atoms with E-state index in [-0.39, 0.29) is 19.4 Å². The van der Waals surface area contributed by atoms with Crippen LogP contribution < -0.4 is 5.73 Å². The molecule has 1 amide bonds. The Bertz CT molecular complexity index is 646. The predicted octanol–water partition coefficient (Wildman–Crippen LogP) is 1.11. The van der Waals surface area contributed by atoms with Gasteiger partial charge in [0, 0.05) is 6.54 Å². The molecule has 1 aromatic carbocycles. The van der Waals surface area contributed by atoms with E-state index >= 15 is 0 Å². The highest BCUT2D eigenvalue weighted by Crippen LogP contribution is 2.39. The third-order valence-corrected chi connectivity index (χ3v) is 4.89. The normalized spacial score (nSPS) is 22.4. The molecule has 3 atom stereocenters. The van der Waals surface area contributed by atoms with Crippen LogP contribution in [0.1, 0.15) is 31.7 Å². The zero-order valence-corrected chi connectivity index (χ0v) is 14.2. The number of carbonyl (C=O) groups excluding carboxylic acids is 1. The quantitative estimate of drug-likeness (QED) is 0.679. The van der Waals surface area contributed by atoms with E-state index in [2.05, 4.69) is 0 Å². The van der Waals surface area contributed by atoms with E-state index < -0.39 is 35.3 Å². The number of nitrogens with two attached hydrogens (primary N) is 1. The van der Waals surface area contributed by atoms with E-state index in [1.807, 2.05) is 30.3 Å². The van der Waals surface area contributed by atoms with Crippen molar-refractivity contribution in [2.45, 2.75) is 44.2 Å². The maximum Gasteiger partial charge on any atom is 0.330 e. The molecule has 0 bridgehead atoms. The van der Waals surface area contributed by atoms with E-state index in [0.29, 0.717) is 12.8 Å². The second-order valence-electron chi connectivity index (χ2n) is 6.53. The fraction of sp³-hybridized carbons (Fsp3) is 0.500. The standard InChI is InChI=1S/C18H24N2O5/c1-12(19)15(21)20-11-5-10-18(20,17(24)25)14(16(22)23)9-8-13-6-3-2-4-7-13/h2-4,6-7,12,14H,5,8-11,19H2,1H3,(H,22,23)(H,24,25)/t12-,14+,18+/m0/s1. The van der Waals surface area contributed by atoms with Crippen LogP contribution in [0.5, 0.6) is 0 Å². The van der Waals surface area contributed by atoms with Gasteiger partial charge < -0.3 is 20.8 Å². The summed E-state index contributed by atoms with van der Waals surface area (Å²) >= 11 is 0. The van der Waals surface area contributed by atoms with Crippen molar-refractivity contribution in [3.8, 4) is 0 Å². The van der Waals surface area contributed by atoms with Crippen LogP contribution in [0.3, 0.4) is 0 Å². The van der Waals surface area contributed by atoms with Gasteiger partial charge in [0.15, 0.2) is 5.54 Å². The second-order valence-corrected chi connectivity index (χ2v) is 6.53. The number of carbonyl (C=O) groups is 3. The van der Waals surface area contributed by atoms with Gasteiger partial charge in [0.05, 0.1) is 12.0 Å². The Hall–Kier alpha value is -2.41. The van der Waals surface area contributed by atoms with Crippen molar-refractivity contribution in [1.29, 1.82) is 0 Å². The molecule has 1 aliphatic rings. The van der Waals surface area contributed by atoms with Gasteiger partial charge in [-0.25, -0.2) is 4.79 Å². The zero-order valence-electron chi connectivity index (χ0n) is 14.2. The first-order valence-corrected chi connectivity index (χ1v) is 8.38. The van der Waals surface area contributed by atoms with Crippen LogP contribution in [-0.4, -0.2) is 51.1 Å². The zero-order chi connectivity index (χ0) is 18.6. The molecule has 1 aromatic rings. The molecule has 1 fully saturated rings. The molecule has 0 saturated carbocycles. The van der Waals surface area contributed by atoms with Crippen LogP contribution in [-0.2, 0) is 20.8 Å². The lowest BCUT2D eigenvalue weighted by molar-refractivity contribution is -0.168. The van der Waals surface area contributed by atoms with E-state index in [1.165, 1.54) is 11.8 Å². The lowest BCUT2D eigenvalue weighted by atomic mass is 9.77. The first-order valence-electron chi connectivity index (χ1n) is 8.38. The maximum atomic E-state index is 12.4. The minimum atomic E-state index is -1.74. The van der Waals surface area contributed by atoms with Gasteiger partial charge in [-0.1, -0.05) is 30.3 Å². The van der Waals surface area contributed by atoms with Gasteiger partial charge in [0.2, 0.25) is 5.91 Å². The van der Waals surface area contributed by atoms with Crippen molar-refractivity contribution in [2.75, 3.05) is 6.54 Å². The molecular weight excluding hydrogens is 324 g/mol. The minimum Gasteiger partial charge on any atom is -0.481 e. The molecule has 1 saturated heterocycles. The third-order valence-electron chi connectivity index (χ3n) is 4.89. The highest BCUT2D eigenvalue weighted by atomic mass is 16.4. The summed E-state index contributed by atoms with van der Waals surface area (Å²) in [6, 6.07) is 8.41. The summed E-state index contributed by atoms with van der Waals surface area (Å²) in [5.74, 6) is -4.21. The number of rotatable bonds is 7. The third kappa shape index (κ3) is 3.66. The summed E-state index contributed by atoms with van der Waals surface area (Å²) in [5.41, 5.74) is 4.83. The predicted molar refractivity (Wildman–Crippen MR) is 90.9 cm³/mol. The van der Waals surface area contributed by atoms with Crippen LogP contribution in [0.4, 0.5) is 0 Å². The number of carboxylic acid groups (broad SMARTS) is 2. The molecule has 25 heavy (non-hydrogen) atoms. The fourth-order valence-corrected chi connectivity index (χ4v) is 3.65.